The van der Waals surface area contributed by atoms with Crippen molar-refractivity contribution in [2.45, 2.75) is 38.0 Å². The van der Waals surface area contributed by atoms with E-state index >= 15 is 0 Å². The third kappa shape index (κ3) is 5.33. The van der Waals surface area contributed by atoms with Crippen LogP contribution in [0.3, 0.4) is 0 Å². The van der Waals surface area contributed by atoms with E-state index in [1.54, 1.807) is 6.92 Å². The standard InChI is InChI=1S/C24H28FN3O2/c1-17(26)27-15-9-14-20(25)16-21-24(29)30-23(19-12-7-4-8-13-19)22(28(21)2)18-10-5-3-6-11-18/h3-8,10-14,21-23H,9,15-16H2,1-2H3,(H2,26,27)/b20-14-. The predicted molar refractivity (Wildman–Crippen MR) is 117 cm³/mol. The van der Waals surface area contributed by atoms with Crippen molar-refractivity contribution in [3.8, 4) is 0 Å². The molecule has 0 aliphatic carbocycles. The zero-order chi connectivity index (χ0) is 21.5. The van der Waals surface area contributed by atoms with Crippen molar-refractivity contribution in [3.05, 3.63) is 83.7 Å². The van der Waals surface area contributed by atoms with Gasteiger partial charge in [0, 0.05) is 13.0 Å². The number of nitrogens with two attached hydrogens (primary N) is 1. The van der Waals surface area contributed by atoms with Crippen LogP contribution in [0.25, 0.3) is 0 Å². The van der Waals surface area contributed by atoms with Gasteiger partial charge in [-0.25, -0.2) is 4.39 Å². The number of halogens is 1. The summed E-state index contributed by atoms with van der Waals surface area (Å²) in [4.78, 5) is 18.8. The van der Waals surface area contributed by atoms with Gasteiger partial charge in [-0.15, -0.1) is 0 Å². The molecule has 30 heavy (non-hydrogen) atoms. The fourth-order valence-corrected chi connectivity index (χ4v) is 3.75. The molecule has 3 unspecified atom stereocenters. The first kappa shape index (κ1) is 21.7. The van der Waals surface area contributed by atoms with Crippen molar-refractivity contribution in [2.75, 3.05) is 13.6 Å². The van der Waals surface area contributed by atoms with Crippen LogP contribution in [0.4, 0.5) is 4.39 Å². The Hall–Kier alpha value is -2.99. The van der Waals surface area contributed by atoms with Gasteiger partial charge in [-0.2, -0.15) is 0 Å². The lowest BCUT2D eigenvalue weighted by atomic mass is 9.91. The first-order valence-corrected chi connectivity index (χ1v) is 10.1. The van der Waals surface area contributed by atoms with E-state index in [0.717, 1.165) is 11.1 Å². The summed E-state index contributed by atoms with van der Waals surface area (Å²) >= 11 is 0. The highest BCUT2D eigenvalue weighted by Crippen LogP contribution is 2.42. The molecule has 0 aromatic heterocycles. The molecule has 1 saturated heterocycles. The Kier molecular flexibility index (Phi) is 7.36. The molecule has 0 amide bonds. The second-order valence-corrected chi connectivity index (χ2v) is 7.47. The maximum absolute atomic E-state index is 14.6. The smallest absolute Gasteiger partial charge is 0.324 e. The van der Waals surface area contributed by atoms with Crippen LogP contribution >= 0.6 is 0 Å². The molecule has 0 radical (unpaired) electrons. The highest BCUT2D eigenvalue weighted by Gasteiger charge is 2.43. The quantitative estimate of drug-likeness (QED) is 0.320. The SMILES string of the molecule is CC(N)=NCC/C=C(\F)CC1C(=O)OC(c2ccccc2)C(c2ccccc2)N1C. The highest BCUT2D eigenvalue weighted by molar-refractivity contribution is 5.78. The minimum atomic E-state index is -0.703. The van der Waals surface area contributed by atoms with E-state index in [1.807, 2.05) is 72.6 Å². The zero-order valence-electron chi connectivity index (χ0n) is 17.4. The number of hydrogen-bond donors (Lipinski definition) is 1. The van der Waals surface area contributed by atoms with Gasteiger partial charge in [-0.3, -0.25) is 14.7 Å². The van der Waals surface area contributed by atoms with Gasteiger partial charge in [0.15, 0.2) is 0 Å². The van der Waals surface area contributed by atoms with E-state index in [4.69, 9.17) is 10.5 Å². The topological polar surface area (TPSA) is 67.9 Å². The third-order valence-corrected chi connectivity index (χ3v) is 5.25. The second kappa shape index (κ2) is 10.2. The number of benzene rings is 2. The molecule has 0 spiro atoms. The second-order valence-electron chi connectivity index (χ2n) is 7.47. The molecule has 1 heterocycles. The van der Waals surface area contributed by atoms with E-state index < -0.39 is 18.1 Å². The Morgan fingerprint density at radius 3 is 2.33 bits per heavy atom. The van der Waals surface area contributed by atoms with Gasteiger partial charge in [0.1, 0.15) is 12.1 Å². The van der Waals surface area contributed by atoms with E-state index in [1.165, 1.54) is 6.08 Å². The maximum atomic E-state index is 14.6. The Bertz CT molecular complexity index is 895. The number of amidine groups is 1. The number of likely N-dealkylation sites (N-methyl/N-ethyl adjacent to an activating group) is 1. The van der Waals surface area contributed by atoms with Crippen LogP contribution in [0.15, 0.2) is 77.6 Å². The molecule has 0 saturated carbocycles. The Balaban J connectivity index is 1.83. The Labute approximate surface area is 177 Å². The number of rotatable bonds is 7. The normalized spacial score (nSPS) is 23.3. The van der Waals surface area contributed by atoms with Crippen LogP contribution in [0.2, 0.25) is 0 Å². The molecule has 2 N–H and O–H groups in total. The molecule has 2 aromatic rings. The molecule has 5 nitrogen and oxygen atoms in total. The van der Waals surface area contributed by atoms with Crippen LogP contribution in [-0.4, -0.2) is 36.3 Å². The predicted octanol–water partition coefficient (Wildman–Crippen LogP) is 4.34. The summed E-state index contributed by atoms with van der Waals surface area (Å²) in [6, 6.07) is 18.6. The molecule has 2 aromatic carbocycles. The average Bonchev–Trinajstić information content (AvgIpc) is 2.75. The first-order valence-electron chi connectivity index (χ1n) is 10.1. The average molecular weight is 410 g/mol. The molecule has 3 atom stereocenters. The van der Waals surface area contributed by atoms with Gasteiger partial charge in [0.05, 0.1) is 17.7 Å². The lowest BCUT2D eigenvalue weighted by Gasteiger charge is -2.43. The summed E-state index contributed by atoms with van der Waals surface area (Å²) < 4.78 is 20.4. The molecular formula is C24H28FN3O2. The molecule has 0 bridgehead atoms. The largest absolute Gasteiger partial charge is 0.454 e. The van der Waals surface area contributed by atoms with E-state index in [0.29, 0.717) is 18.8 Å². The van der Waals surface area contributed by atoms with Crippen LogP contribution in [0, 0.1) is 0 Å². The molecule has 3 rings (SSSR count). The molecule has 1 fully saturated rings. The Morgan fingerprint density at radius 1 is 1.13 bits per heavy atom. The van der Waals surface area contributed by atoms with E-state index in [2.05, 4.69) is 4.99 Å². The van der Waals surface area contributed by atoms with Crippen LogP contribution in [0.5, 0.6) is 0 Å². The highest BCUT2D eigenvalue weighted by atomic mass is 19.1. The third-order valence-electron chi connectivity index (χ3n) is 5.25. The fraction of sp³-hybridized carbons (Fsp3) is 0.333. The van der Waals surface area contributed by atoms with Crippen molar-refractivity contribution in [1.29, 1.82) is 0 Å². The van der Waals surface area contributed by atoms with Crippen LogP contribution < -0.4 is 5.73 Å². The Morgan fingerprint density at radius 2 is 1.73 bits per heavy atom. The molecule has 158 valence electrons. The van der Waals surface area contributed by atoms with Gasteiger partial charge >= 0.3 is 5.97 Å². The number of carbonyl (C=O) groups excluding carboxylic acids is 1. The van der Waals surface area contributed by atoms with Crippen molar-refractivity contribution in [1.82, 2.24) is 4.90 Å². The lowest BCUT2D eigenvalue weighted by Crippen LogP contribution is -2.49. The van der Waals surface area contributed by atoms with E-state index in [-0.39, 0.29) is 18.3 Å². The van der Waals surface area contributed by atoms with Gasteiger partial charge < -0.3 is 10.5 Å². The van der Waals surface area contributed by atoms with Gasteiger partial charge in [-0.1, -0.05) is 66.7 Å². The lowest BCUT2D eigenvalue weighted by molar-refractivity contribution is -0.173. The van der Waals surface area contributed by atoms with Crippen LogP contribution in [0.1, 0.15) is 43.0 Å². The molecule has 1 aliphatic heterocycles. The monoisotopic (exact) mass is 409 g/mol. The van der Waals surface area contributed by atoms with Gasteiger partial charge in [0.2, 0.25) is 0 Å². The minimum absolute atomic E-state index is 0.0362. The molecule has 1 aliphatic rings. The first-order chi connectivity index (χ1) is 14.5. The number of cyclic esters (lactones) is 1. The summed E-state index contributed by atoms with van der Waals surface area (Å²) in [6.45, 7) is 2.11. The summed E-state index contributed by atoms with van der Waals surface area (Å²) in [5, 5.41) is 0. The summed E-state index contributed by atoms with van der Waals surface area (Å²) in [6.07, 6.45) is 1.40. The number of esters is 1. The summed E-state index contributed by atoms with van der Waals surface area (Å²) in [5.41, 5.74) is 7.42. The minimum Gasteiger partial charge on any atom is -0.454 e. The van der Waals surface area contributed by atoms with Crippen molar-refractivity contribution >= 4 is 11.8 Å². The van der Waals surface area contributed by atoms with E-state index in [9.17, 15) is 9.18 Å². The van der Waals surface area contributed by atoms with Crippen molar-refractivity contribution in [3.63, 3.8) is 0 Å². The van der Waals surface area contributed by atoms with Gasteiger partial charge in [0.25, 0.3) is 0 Å². The fourth-order valence-electron chi connectivity index (χ4n) is 3.75. The van der Waals surface area contributed by atoms with Crippen molar-refractivity contribution < 1.29 is 13.9 Å². The van der Waals surface area contributed by atoms with Crippen molar-refractivity contribution in [2.24, 2.45) is 10.7 Å². The molecule has 6 heteroatoms. The summed E-state index contributed by atoms with van der Waals surface area (Å²) in [7, 11) is 1.86. The number of carbonyl (C=O) groups is 1. The number of aliphatic imine (C=N–C) groups is 1. The number of morpholine rings is 1. The number of nitrogens with zero attached hydrogens (tertiary/aromatic N) is 2. The van der Waals surface area contributed by atoms with Crippen LogP contribution in [-0.2, 0) is 9.53 Å². The maximum Gasteiger partial charge on any atom is 0.324 e. The number of hydrogen-bond acceptors (Lipinski definition) is 4. The zero-order valence-corrected chi connectivity index (χ0v) is 17.4. The van der Waals surface area contributed by atoms with Gasteiger partial charge in [-0.05, 0) is 31.5 Å². The summed E-state index contributed by atoms with van der Waals surface area (Å²) in [5.74, 6) is -0.298. The number of ether oxygens (including phenoxy) is 1. The molecular weight excluding hydrogens is 381 g/mol.